The highest BCUT2D eigenvalue weighted by Gasteiger charge is 2.32. The van der Waals surface area contributed by atoms with E-state index in [2.05, 4.69) is 34.1 Å². The van der Waals surface area contributed by atoms with Crippen LogP contribution in [-0.2, 0) is 11.3 Å². The molecular formula is C16H22N4O. The zero-order valence-corrected chi connectivity index (χ0v) is 12.5. The van der Waals surface area contributed by atoms with Crippen molar-refractivity contribution < 1.29 is 4.79 Å². The minimum Gasteiger partial charge on any atom is -0.341 e. The Morgan fingerprint density at radius 2 is 2.05 bits per heavy atom. The number of aromatic nitrogens is 2. The van der Waals surface area contributed by atoms with Crippen molar-refractivity contribution in [2.75, 3.05) is 20.1 Å². The number of allylic oxidation sites excluding steroid dienone is 2. The van der Waals surface area contributed by atoms with Crippen LogP contribution in [0.3, 0.4) is 0 Å². The first-order valence-corrected chi connectivity index (χ1v) is 7.64. The van der Waals surface area contributed by atoms with Gasteiger partial charge >= 0.3 is 0 Å². The van der Waals surface area contributed by atoms with Crippen LogP contribution in [0.4, 0.5) is 0 Å². The van der Waals surface area contributed by atoms with Gasteiger partial charge in [0.25, 0.3) is 0 Å². The molecule has 2 heterocycles. The first-order chi connectivity index (χ1) is 10.2. The predicted octanol–water partition coefficient (Wildman–Crippen LogP) is 1.48. The average molecular weight is 286 g/mol. The van der Waals surface area contributed by atoms with Gasteiger partial charge in [0, 0.05) is 37.4 Å². The maximum absolute atomic E-state index is 12.4. The number of carbonyl (C=O) groups excluding carboxylic acids is 1. The Balaban J connectivity index is 1.53. The largest absolute Gasteiger partial charge is 0.341 e. The summed E-state index contributed by atoms with van der Waals surface area (Å²) < 4.78 is 0. The van der Waals surface area contributed by atoms with E-state index in [4.69, 9.17) is 0 Å². The van der Waals surface area contributed by atoms with Crippen LogP contribution >= 0.6 is 0 Å². The number of carbonyl (C=O) groups is 1. The van der Waals surface area contributed by atoms with Gasteiger partial charge in [0.1, 0.15) is 5.82 Å². The minimum atomic E-state index is 0.187. The number of hydrogen-bond donors (Lipinski definition) is 0. The summed E-state index contributed by atoms with van der Waals surface area (Å²) in [5, 5.41) is 0. The molecule has 1 fully saturated rings. The molecule has 112 valence electrons. The molecule has 3 rings (SSSR count). The Kier molecular flexibility index (Phi) is 4.29. The van der Waals surface area contributed by atoms with Gasteiger partial charge in [0.2, 0.25) is 5.91 Å². The van der Waals surface area contributed by atoms with E-state index in [9.17, 15) is 4.79 Å². The molecule has 2 aliphatic rings. The van der Waals surface area contributed by atoms with Crippen molar-refractivity contribution in [2.24, 2.45) is 5.92 Å². The zero-order valence-electron chi connectivity index (χ0n) is 12.5. The highest BCUT2D eigenvalue weighted by molar-refractivity contribution is 5.80. The van der Waals surface area contributed by atoms with Gasteiger partial charge in [0.05, 0.1) is 6.54 Å². The fourth-order valence-electron chi connectivity index (χ4n) is 3.14. The van der Waals surface area contributed by atoms with Crippen molar-refractivity contribution in [3.8, 4) is 0 Å². The molecule has 1 atom stereocenters. The molecule has 0 saturated carbocycles. The van der Waals surface area contributed by atoms with Gasteiger partial charge in [-0.25, -0.2) is 9.97 Å². The fraction of sp³-hybridized carbons (Fsp3) is 0.562. The topological polar surface area (TPSA) is 49.3 Å². The Bertz CT molecular complexity index is 508. The third-order valence-corrected chi connectivity index (χ3v) is 4.47. The van der Waals surface area contributed by atoms with Crippen molar-refractivity contribution in [2.45, 2.75) is 31.8 Å². The summed E-state index contributed by atoms with van der Waals surface area (Å²) in [5.74, 6) is 1.35. The molecule has 5 heteroatoms. The number of amides is 1. The molecule has 0 spiro atoms. The minimum absolute atomic E-state index is 0.187. The summed E-state index contributed by atoms with van der Waals surface area (Å²) in [5.41, 5.74) is 0. The number of likely N-dealkylation sites (N-methyl/N-ethyl adjacent to an activating group) is 1. The molecule has 1 amide bonds. The van der Waals surface area contributed by atoms with Crippen molar-refractivity contribution in [1.82, 2.24) is 19.8 Å². The monoisotopic (exact) mass is 286 g/mol. The summed E-state index contributed by atoms with van der Waals surface area (Å²) in [6, 6.07) is 2.24. The summed E-state index contributed by atoms with van der Waals surface area (Å²) in [6.45, 7) is 2.44. The van der Waals surface area contributed by atoms with E-state index in [0.717, 1.165) is 44.7 Å². The summed E-state index contributed by atoms with van der Waals surface area (Å²) >= 11 is 0. The molecule has 1 aromatic heterocycles. The van der Waals surface area contributed by atoms with E-state index in [-0.39, 0.29) is 5.92 Å². The SMILES string of the molecule is CN(Cc1ncccn1)[C@H]1CCN(C(=O)C2CC=CC2)C1. The molecule has 5 nitrogen and oxygen atoms in total. The Morgan fingerprint density at radius 1 is 1.33 bits per heavy atom. The predicted molar refractivity (Wildman–Crippen MR) is 80.3 cm³/mol. The van der Waals surface area contributed by atoms with E-state index < -0.39 is 0 Å². The maximum Gasteiger partial charge on any atom is 0.226 e. The summed E-state index contributed by atoms with van der Waals surface area (Å²) in [4.78, 5) is 25.2. The van der Waals surface area contributed by atoms with Crippen molar-refractivity contribution in [1.29, 1.82) is 0 Å². The van der Waals surface area contributed by atoms with Crippen LogP contribution in [0.1, 0.15) is 25.1 Å². The highest BCUT2D eigenvalue weighted by Crippen LogP contribution is 2.24. The molecule has 0 N–H and O–H groups in total. The molecule has 1 saturated heterocycles. The summed E-state index contributed by atoms with van der Waals surface area (Å²) in [6.07, 6.45) is 10.6. The van der Waals surface area contributed by atoms with Crippen LogP contribution in [-0.4, -0.2) is 51.9 Å². The van der Waals surface area contributed by atoms with Crippen LogP contribution in [0.15, 0.2) is 30.6 Å². The van der Waals surface area contributed by atoms with Gasteiger partial charge in [-0.05, 0) is 32.4 Å². The van der Waals surface area contributed by atoms with Crippen LogP contribution in [0.25, 0.3) is 0 Å². The Labute approximate surface area is 125 Å². The third-order valence-electron chi connectivity index (χ3n) is 4.47. The van der Waals surface area contributed by atoms with Crippen LogP contribution in [0, 0.1) is 5.92 Å². The fourth-order valence-corrected chi connectivity index (χ4v) is 3.14. The first-order valence-electron chi connectivity index (χ1n) is 7.64. The third kappa shape index (κ3) is 3.29. The zero-order chi connectivity index (χ0) is 14.7. The maximum atomic E-state index is 12.4. The highest BCUT2D eigenvalue weighted by atomic mass is 16.2. The molecule has 21 heavy (non-hydrogen) atoms. The molecule has 0 aromatic carbocycles. The van der Waals surface area contributed by atoms with Crippen molar-refractivity contribution in [3.05, 3.63) is 36.4 Å². The average Bonchev–Trinajstić information content (AvgIpc) is 3.19. The number of nitrogens with zero attached hydrogens (tertiary/aromatic N) is 4. The van der Waals surface area contributed by atoms with E-state index in [1.165, 1.54) is 0 Å². The van der Waals surface area contributed by atoms with E-state index in [1.54, 1.807) is 12.4 Å². The van der Waals surface area contributed by atoms with Gasteiger partial charge in [-0.2, -0.15) is 0 Å². The number of likely N-dealkylation sites (tertiary alicyclic amines) is 1. The number of hydrogen-bond acceptors (Lipinski definition) is 4. The molecule has 1 aliphatic carbocycles. The lowest BCUT2D eigenvalue weighted by Gasteiger charge is -2.25. The van der Waals surface area contributed by atoms with Crippen LogP contribution in [0.2, 0.25) is 0 Å². The number of rotatable bonds is 4. The van der Waals surface area contributed by atoms with Gasteiger partial charge in [-0.15, -0.1) is 0 Å². The smallest absolute Gasteiger partial charge is 0.226 e. The second-order valence-corrected chi connectivity index (χ2v) is 5.95. The molecule has 0 unspecified atom stereocenters. The second-order valence-electron chi connectivity index (χ2n) is 5.95. The van der Waals surface area contributed by atoms with Crippen molar-refractivity contribution >= 4 is 5.91 Å². The Hall–Kier alpha value is -1.75. The van der Waals surface area contributed by atoms with Crippen LogP contribution < -0.4 is 0 Å². The van der Waals surface area contributed by atoms with Gasteiger partial charge < -0.3 is 4.90 Å². The first kappa shape index (κ1) is 14.2. The lowest BCUT2D eigenvalue weighted by Crippen LogP contribution is -2.38. The van der Waals surface area contributed by atoms with E-state index >= 15 is 0 Å². The normalized spacial score (nSPS) is 22.4. The summed E-state index contributed by atoms with van der Waals surface area (Å²) in [7, 11) is 2.09. The molecule has 1 aromatic rings. The van der Waals surface area contributed by atoms with Gasteiger partial charge in [0.15, 0.2) is 0 Å². The van der Waals surface area contributed by atoms with Gasteiger partial charge in [-0.3, -0.25) is 9.69 Å². The van der Waals surface area contributed by atoms with E-state index in [0.29, 0.717) is 11.9 Å². The lowest BCUT2D eigenvalue weighted by molar-refractivity contribution is -0.134. The quantitative estimate of drug-likeness (QED) is 0.787. The van der Waals surface area contributed by atoms with E-state index in [1.807, 2.05) is 11.0 Å². The molecule has 0 bridgehead atoms. The lowest BCUT2D eigenvalue weighted by atomic mass is 10.1. The van der Waals surface area contributed by atoms with Crippen LogP contribution in [0.5, 0.6) is 0 Å². The van der Waals surface area contributed by atoms with Crippen molar-refractivity contribution in [3.63, 3.8) is 0 Å². The molecular weight excluding hydrogens is 264 g/mol. The molecule has 1 aliphatic heterocycles. The molecule has 0 radical (unpaired) electrons. The second kappa shape index (κ2) is 6.35. The standard InChI is InChI=1S/C16H22N4O/c1-19(12-15-17-8-4-9-18-15)14-7-10-20(11-14)16(21)13-5-2-3-6-13/h2-4,8-9,13-14H,5-7,10-12H2,1H3/t14-/m0/s1. The Morgan fingerprint density at radius 3 is 2.76 bits per heavy atom. The van der Waals surface area contributed by atoms with Gasteiger partial charge in [-0.1, -0.05) is 12.2 Å².